The molecular formula is C7H10N2O3S. The molecule has 0 aliphatic carbocycles. The van der Waals surface area contributed by atoms with Crippen molar-refractivity contribution in [3.8, 4) is 5.88 Å². The second-order valence-corrected chi connectivity index (χ2v) is 4.18. The topological polar surface area (TPSA) is 68.3 Å². The Bertz CT molecular complexity index is 388. The Morgan fingerprint density at radius 3 is 2.77 bits per heavy atom. The molecule has 0 bridgehead atoms. The molecule has 13 heavy (non-hydrogen) atoms. The van der Waals surface area contributed by atoms with Crippen LogP contribution in [0.25, 0.3) is 0 Å². The molecule has 0 amide bonds. The molecule has 0 saturated carbocycles. The molecule has 0 saturated heterocycles. The molecule has 6 heteroatoms. The Morgan fingerprint density at radius 2 is 2.23 bits per heavy atom. The van der Waals surface area contributed by atoms with Crippen molar-refractivity contribution in [3.63, 3.8) is 0 Å². The molecule has 5 nitrogen and oxygen atoms in total. The monoisotopic (exact) mass is 202 g/mol. The van der Waals surface area contributed by atoms with Crippen LogP contribution in [0.4, 0.5) is 5.69 Å². The molecule has 1 aromatic heterocycles. The minimum atomic E-state index is -3.28. The summed E-state index contributed by atoms with van der Waals surface area (Å²) in [5.74, 6) is 0.257. The highest BCUT2D eigenvalue weighted by Gasteiger charge is 2.07. The van der Waals surface area contributed by atoms with Gasteiger partial charge in [-0.3, -0.25) is 4.72 Å². The summed E-state index contributed by atoms with van der Waals surface area (Å²) in [6.07, 6.45) is 2.59. The molecule has 0 spiro atoms. The van der Waals surface area contributed by atoms with Gasteiger partial charge in [0.15, 0.2) is 0 Å². The van der Waals surface area contributed by atoms with Gasteiger partial charge in [0.2, 0.25) is 15.9 Å². The van der Waals surface area contributed by atoms with Crippen molar-refractivity contribution < 1.29 is 13.2 Å². The third-order valence-electron chi connectivity index (χ3n) is 1.26. The number of aromatic nitrogens is 1. The van der Waals surface area contributed by atoms with Crippen molar-refractivity contribution in [2.45, 2.75) is 0 Å². The lowest BCUT2D eigenvalue weighted by Gasteiger charge is -2.06. The minimum absolute atomic E-state index is 0.257. The fraction of sp³-hybridized carbons (Fsp3) is 0.286. The average Bonchev–Trinajstić information content (AvgIpc) is 2.02. The number of rotatable bonds is 3. The van der Waals surface area contributed by atoms with E-state index in [1.807, 2.05) is 0 Å². The second-order valence-electron chi connectivity index (χ2n) is 2.43. The smallest absolute Gasteiger partial charge is 0.238 e. The van der Waals surface area contributed by atoms with E-state index in [2.05, 4.69) is 9.71 Å². The number of pyridine rings is 1. The van der Waals surface area contributed by atoms with Gasteiger partial charge in [-0.15, -0.1) is 0 Å². The molecule has 1 heterocycles. The fourth-order valence-electron chi connectivity index (χ4n) is 0.831. The van der Waals surface area contributed by atoms with Crippen molar-refractivity contribution in [1.82, 2.24) is 4.98 Å². The molecule has 0 radical (unpaired) electrons. The Balaban J connectivity index is 3.01. The van der Waals surface area contributed by atoms with Gasteiger partial charge in [0, 0.05) is 6.20 Å². The SMILES string of the molecule is COc1ncccc1NS(C)(=O)=O. The summed E-state index contributed by atoms with van der Waals surface area (Å²) in [7, 11) is -1.85. The van der Waals surface area contributed by atoms with Gasteiger partial charge in [-0.2, -0.15) is 0 Å². The van der Waals surface area contributed by atoms with Gasteiger partial charge < -0.3 is 4.74 Å². The highest BCUT2D eigenvalue weighted by Crippen LogP contribution is 2.20. The second kappa shape index (κ2) is 3.61. The number of nitrogens with one attached hydrogen (secondary N) is 1. The molecule has 0 atom stereocenters. The van der Waals surface area contributed by atoms with Crippen LogP contribution < -0.4 is 9.46 Å². The fourth-order valence-corrected chi connectivity index (χ4v) is 1.39. The van der Waals surface area contributed by atoms with E-state index < -0.39 is 10.0 Å². The van der Waals surface area contributed by atoms with Crippen LogP contribution in [-0.2, 0) is 10.0 Å². The Morgan fingerprint density at radius 1 is 1.54 bits per heavy atom. The molecule has 0 fully saturated rings. The molecule has 1 rings (SSSR count). The number of methoxy groups -OCH3 is 1. The van der Waals surface area contributed by atoms with Crippen LogP contribution in [0, 0.1) is 0 Å². The van der Waals surface area contributed by atoms with Crippen molar-refractivity contribution in [2.24, 2.45) is 0 Å². The van der Waals surface area contributed by atoms with Crippen LogP contribution in [0.1, 0.15) is 0 Å². The van der Waals surface area contributed by atoms with Crippen molar-refractivity contribution in [2.75, 3.05) is 18.1 Å². The molecule has 0 aliphatic rings. The number of hydrogen-bond donors (Lipinski definition) is 1. The largest absolute Gasteiger partial charge is 0.480 e. The maximum atomic E-state index is 10.9. The van der Waals surface area contributed by atoms with Crippen LogP contribution in [0.15, 0.2) is 18.3 Å². The minimum Gasteiger partial charge on any atom is -0.480 e. The third-order valence-corrected chi connectivity index (χ3v) is 1.85. The highest BCUT2D eigenvalue weighted by molar-refractivity contribution is 7.92. The van der Waals surface area contributed by atoms with Crippen LogP contribution >= 0.6 is 0 Å². The van der Waals surface area contributed by atoms with Gasteiger partial charge in [-0.1, -0.05) is 0 Å². The van der Waals surface area contributed by atoms with Gasteiger partial charge in [-0.25, -0.2) is 13.4 Å². The normalized spacial score (nSPS) is 10.9. The van der Waals surface area contributed by atoms with Gasteiger partial charge in [0.25, 0.3) is 0 Å². The van der Waals surface area contributed by atoms with Crippen LogP contribution in [0.5, 0.6) is 5.88 Å². The summed E-state index contributed by atoms with van der Waals surface area (Å²) in [5, 5.41) is 0. The summed E-state index contributed by atoms with van der Waals surface area (Å²) >= 11 is 0. The van der Waals surface area contributed by atoms with Crippen molar-refractivity contribution in [1.29, 1.82) is 0 Å². The molecule has 1 N–H and O–H groups in total. The lowest BCUT2D eigenvalue weighted by atomic mass is 10.4. The maximum absolute atomic E-state index is 10.9. The van der Waals surface area contributed by atoms with Crippen LogP contribution in [-0.4, -0.2) is 26.8 Å². The van der Waals surface area contributed by atoms with Crippen molar-refractivity contribution >= 4 is 15.7 Å². The maximum Gasteiger partial charge on any atom is 0.238 e. The van der Waals surface area contributed by atoms with Gasteiger partial charge in [0.05, 0.1) is 13.4 Å². The highest BCUT2D eigenvalue weighted by atomic mass is 32.2. The quantitative estimate of drug-likeness (QED) is 0.773. The Labute approximate surface area is 76.8 Å². The molecule has 0 aromatic carbocycles. The summed E-state index contributed by atoms with van der Waals surface area (Å²) in [4.78, 5) is 3.83. The van der Waals surface area contributed by atoms with E-state index in [1.54, 1.807) is 12.1 Å². The standard InChI is InChI=1S/C7H10N2O3S/c1-12-7-6(4-3-5-8-7)9-13(2,10)11/h3-5,9H,1-2H3. The first-order chi connectivity index (χ1) is 6.03. The van der Waals surface area contributed by atoms with E-state index in [0.29, 0.717) is 5.69 Å². The number of sulfonamides is 1. The lowest BCUT2D eigenvalue weighted by molar-refractivity contribution is 0.400. The summed E-state index contributed by atoms with van der Waals surface area (Å²) in [6.45, 7) is 0. The summed E-state index contributed by atoms with van der Waals surface area (Å²) in [6, 6.07) is 3.20. The predicted molar refractivity (Wildman–Crippen MR) is 49.3 cm³/mol. The van der Waals surface area contributed by atoms with E-state index in [9.17, 15) is 8.42 Å². The zero-order valence-corrected chi connectivity index (χ0v) is 8.13. The van der Waals surface area contributed by atoms with Gasteiger partial charge >= 0.3 is 0 Å². The molecule has 72 valence electrons. The van der Waals surface area contributed by atoms with Crippen LogP contribution in [0.3, 0.4) is 0 Å². The zero-order valence-electron chi connectivity index (χ0n) is 7.31. The van der Waals surface area contributed by atoms with Gasteiger partial charge in [-0.05, 0) is 12.1 Å². The van der Waals surface area contributed by atoms with E-state index in [-0.39, 0.29) is 5.88 Å². The van der Waals surface area contributed by atoms with Crippen molar-refractivity contribution in [3.05, 3.63) is 18.3 Å². The average molecular weight is 202 g/mol. The van der Waals surface area contributed by atoms with E-state index in [4.69, 9.17) is 4.74 Å². The first kappa shape index (κ1) is 9.79. The van der Waals surface area contributed by atoms with E-state index in [1.165, 1.54) is 13.3 Å². The molecule has 1 aromatic rings. The summed E-state index contributed by atoms with van der Waals surface area (Å²) < 4.78 is 28.9. The van der Waals surface area contributed by atoms with Gasteiger partial charge in [0.1, 0.15) is 5.69 Å². The lowest BCUT2D eigenvalue weighted by Crippen LogP contribution is -2.10. The third kappa shape index (κ3) is 2.90. The molecule has 0 unspecified atom stereocenters. The number of ether oxygens (including phenoxy) is 1. The number of anilines is 1. The zero-order chi connectivity index (χ0) is 9.90. The predicted octanol–water partition coefficient (Wildman–Crippen LogP) is 0.462. The molecular weight excluding hydrogens is 192 g/mol. The number of nitrogens with zero attached hydrogens (tertiary/aromatic N) is 1. The van der Waals surface area contributed by atoms with E-state index >= 15 is 0 Å². The Kier molecular flexibility index (Phi) is 2.72. The first-order valence-electron chi connectivity index (χ1n) is 3.50. The summed E-state index contributed by atoms with van der Waals surface area (Å²) in [5.41, 5.74) is 0.340. The molecule has 0 aliphatic heterocycles. The first-order valence-corrected chi connectivity index (χ1v) is 5.39. The number of hydrogen-bond acceptors (Lipinski definition) is 4. The van der Waals surface area contributed by atoms with E-state index in [0.717, 1.165) is 6.26 Å². The Hall–Kier alpha value is -1.30. The van der Waals surface area contributed by atoms with Crippen LogP contribution in [0.2, 0.25) is 0 Å².